The van der Waals surface area contributed by atoms with Gasteiger partial charge in [0.1, 0.15) is 0 Å². The van der Waals surface area contributed by atoms with Gasteiger partial charge >= 0.3 is 0 Å². The van der Waals surface area contributed by atoms with Crippen molar-refractivity contribution in [3.63, 3.8) is 0 Å². The monoisotopic (exact) mass is 275 g/mol. The van der Waals surface area contributed by atoms with Gasteiger partial charge in [0, 0.05) is 37.0 Å². The largest absolute Gasteiger partial charge is 0.398 e. The van der Waals surface area contributed by atoms with E-state index in [1.54, 1.807) is 12.3 Å². The molecule has 20 heavy (non-hydrogen) atoms. The number of ether oxygens (including phenoxy) is 1. The highest BCUT2D eigenvalue weighted by Crippen LogP contribution is 2.30. The van der Waals surface area contributed by atoms with Crippen molar-refractivity contribution in [1.29, 1.82) is 0 Å². The van der Waals surface area contributed by atoms with E-state index in [-0.39, 0.29) is 5.82 Å². The Morgan fingerprint density at radius 2 is 2.20 bits per heavy atom. The molecule has 3 rings (SSSR count). The lowest BCUT2D eigenvalue weighted by atomic mass is 10.00. The first-order chi connectivity index (χ1) is 9.75. The maximum Gasteiger partial charge on any atom is 0.150 e. The number of nitrogens with two attached hydrogens (primary N) is 1. The molecule has 1 aromatic carbocycles. The molecule has 3 N–H and O–H groups in total. The van der Waals surface area contributed by atoms with Crippen LogP contribution in [-0.2, 0) is 4.74 Å². The molecule has 0 bridgehead atoms. The maximum absolute atomic E-state index is 14.1. The molecule has 1 aromatic heterocycles. The van der Waals surface area contributed by atoms with Gasteiger partial charge in [0.25, 0.3) is 0 Å². The number of nitrogens with one attached hydrogen (secondary N) is 1. The second-order valence-electron chi connectivity index (χ2n) is 5.16. The van der Waals surface area contributed by atoms with E-state index in [1.807, 2.05) is 6.07 Å². The predicted molar refractivity (Wildman–Crippen MR) is 78.1 cm³/mol. The zero-order chi connectivity index (χ0) is 13.9. The smallest absolute Gasteiger partial charge is 0.150 e. The molecular weight excluding hydrogens is 257 g/mol. The van der Waals surface area contributed by atoms with Gasteiger partial charge in [0.15, 0.2) is 5.82 Å². The molecule has 106 valence electrons. The summed E-state index contributed by atoms with van der Waals surface area (Å²) in [7, 11) is 0. The second kappa shape index (κ2) is 5.63. The number of aromatic nitrogens is 1. The Balaban J connectivity index is 1.86. The van der Waals surface area contributed by atoms with Gasteiger partial charge in [-0.2, -0.15) is 0 Å². The molecule has 5 heteroatoms. The summed E-state index contributed by atoms with van der Waals surface area (Å²) >= 11 is 0. The van der Waals surface area contributed by atoms with E-state index in [4.69, 9.17) is 10.5 Å². The highest BCUT2D eigenvalue weighted by molar-refractivity contribution is 5.98. The number of nitrogen functional groups attached to an aromatic ring is 1. The molecule has 1 fully saturated rings. The van der Waals surface area contributed by atoms with E-state index in [9.17, 15) is 4.39 Å². The number of anilines is 2. The van der Waals surface area contributed by atoms with E-state index in [0.717, 1.165) is 38.0 Å². The van der Waals surface area contributed by atoms with Gasteiger partial charge in [0.2, 0.25) is 0 Å². The van der Waals surface area contributed by atoms with Crippen LogP contribution in [0, 0.1) is 11.7 Å². The number of benzene rings is 1. The summed E-state index contributed by atoms with van der Waals surface area (Å²) in [5, 5.41) is 3.99. The van der Waals surface area contributed by atoms with Crippen LogP contribution in [0.2, 0.25) is 0 Å². The number of hydrogen-bond acceptors (Lipinski definition) is 4. The minimum Gasteiger partial charge on any atom is -0.398 e. The third-order valence-electron chi connectivity index (χ3n) is 3.78. The van der Waals surface area contributed by atoms with Crippen LogP contribution >= 0.6 is 0 Å². The van der Waals surface area contributed by atoms with Crippen molar-refractivity contribution in [2.24, 2.45) is 5.92 Å². The summed E-state index contributed by atoms with van der Waals surface area (Å²) in [6, 6.07) is 5.02. The topological polar surface area (TPSA) is 60.2 Å². The lowest BCUT2D eigenvalue weighted by molar-refractivity contribution is 0.0699. The van der Waals surface area contributed by atoms with Gasteiger partial charge in [-0.05, 0) is 37.0 Å². The zero-order valence-electron chi connectivity index (χ0n) is 11.2. The fourth-order valence-electron chi connectivity index (χ4n) is 2.60. The minimum atomic E-state index is -0.347. The number of pyridine rings is 1. The molecule has 2 heterocycles. The van der Waals surface area contributed by atoms with Gasteiger partial charge in [-0.25, -0.2) is 4.39 Å². The quantitative estimate of drug-likeness (QED) is 0.846. The molecule has 1 aliphatic heterocycles. The minimum absolute atomic E-state index is 0.347. The summed E-state index contributed by atoms with van der Waals surface area (Å²) < 4.78 is 19.5. The third kappa shape index (κ3) is 2.54. The first kappa shape index (κ1) is 13.1. The number of hydrogen-bond donors (Lipinski definition) is 2. The summed E-state index contributed by atoms with van der Waals surface area (Å²) in [5.74, 6) is 0.167. The summed E-state index contributed by atoms with van der Waals surface area (Å²) in [5.41, 5.74) is 7.30. The van der Waals surface area contributed by atoms with Gasteiger partial charge in [-0.3, -0.25) is 4.98 Å². The van der Waals surface area contributed by atoms with E-state index < -0.39 is 0 Å². The van der Waals surface area contributed by atoms with Crippen LogP contribution in [0.5, 0.6) is 0 Å². The van der Waals surface area contributed by atoms with Crippen molar-refractivity contribution in [3.8, 4) is 0 Å². The van der Waals surface area contributed by atoms with Crippen LogP contribution in [0.1, 0.15) is 12.8 Å². The lowest BCUT2D eigenvalue weighted by Crippen LogP contribution is -2.23. The highest BCUT2D eigenvalue weighted by atomic mass is 19.1. The summed E-state index contributed by atoms with van der Waals surface area (Å²) in [6.07, 6.45) is 3.67. The molecule has 0 saturated carbocycles. The van der Waals surface area contributed by atoms with Crippen LogP contribution in [0.25, 0.3) is 10.9 Å². The normalized spacial score (nSPS) is 16.4. The molecule has 0 spiro atoms. The van der Waals surface area contributed by atoms with E-state index >= 15 is 0 Å². The number of nitrogens with zero attached hydrogens (tertiary/aromatic N) is 1. The number of halogens is 1. The van der Waals surface area contributed by atoms with Crippen LogP contribution < -0.4 is 11.1 Å². The summed E-state index contributed by atoms with van der Waals surface area (Å²) in [4.78, 5) is 4.26. The van der Waals surface area contributed by atoms with Crippen molar-refractivity contribution in [2.75, 3.05) is 30.8 Å². The predicted octanol–water partition coefficient (Wildman–Crippen LogP) is 2.79. The molecule has 0 aliphatic carbocycles. The third-order valence-corrected chi connectivity index (χ3v) is 3.78. The van der Waals surface area contributed by atoms with Crippen LogP contribution in [0.15, 0.2) is 24.4 Å². The summed E-state index contributed by atoms with van der Waals surface area (Å²) in [6.45, 7) is 2.31. The SMILES string of the molecule is Nc1cc(F)c(NCC2CCOCC2)c2ncccc12. The van der Waals surface area contributed by atoms with Gasteiger partial charge in [-0.15, -0.1) is 0 Å². The highest BCUT2D eigenvalue weighted by Gasteiger charge is 2.16. The molecule has 0 unspecified atom stereocenters. The fourth-order valence-corrected chi connectivity index (χ4v) is 2.60. The molecular formula is C15H18FN3O. The first-order valence-corrected chi connectivity index (χ1v) is 6.90. The molecule has 0 radical (unpaired) electrons. The Morgan fingerprint density at radius 3 is 3.00 bits per heavy atom. The molecule has 0 atom stereocenters. The number of fused-ring (bicyclic) bond motifs is 1. The van der Waals surface area contributed by atoms with Gasteiger partial charge in [-0.1, -0.05) is 0 Å². The molecule has 4 nitrogen and oxygen atoms in total. The Bertz CT molecular complexity index is 611. The van der Waals surface area contributed by atoms with Crippen molar-refractivity contribution in [2.45, 2.75) is 12.8 Å². The fraction of sp³-hybridized carbons (Fsp3) is 0.400. The second-order valence-corrected chi connectivity index (χ2v) is 5.16. The Labute approximate surface area is 117 Å². The standard InChI is InChI=1S/C15H18FN3O/c16-12-8-13(17)11-2-1-5-18-14(11)15(12)19-9-10-3-6-20-7-4-10/h1-2,5,8,10,19H,3-4,6-7,9,17H2. The molecule has 1 aliphatic rings. The number of rotatable bonds is 3. The van der Waals surface area contributed by atoms with Crippen LogP contribution in [0.4, 0.5) is 15.8 Å². The average molecular weight is 275 g/mol. The van der Waals surface area contributed by atoms with Crippen molar-refractivity contribution >= 4 is 22.3 Å². The Kier molecular flexibility index (Phi) is 3.69. The van der Waals surface area contributed by atoms with E-state index in [1.165, 1.54) is 6.07 Å². The zero-order valence-corrected chi connectivity index (χ0v) is 11.2. The van der Waals surface area contributed by atoms with Crippen molar-refractivity contribution < 1.29 is 9.13 Å². The Hall–Kier alpha value is -1.88. The average Bonchev–Trinajstić information content (AvgIpc) is 2.48. The Morgan fingerprint density at radius 1 is 1.40 bits per heavy atom. The van der Waals surface area contributed by atoms with Crippen molar-refractivity contribution in [1.82, 2.24) is 4.98 Å². The van der Waals surface area contributed by atoms with Gasteiger partial charge < -0.3 is 15.8 Å². The van der Waals surface area contributed by atoms with Crippen molar-refractivity contribution in [3.05, 3.63) is 30.2 Å². The lowest BCUT2D eigenvalue weighted by Gasteiger charge is -2.23. The van der Waals surface area contributed by atoms with E-state index in [0.29, 0.717) is 22.8 Å². The molecule has 1 saturated heterocycles. The van der Waals surface area contributed by atoms with Crippen LogP contribution in [-0.4, -0.2) is 24.7 Å². The molecule has 2 aromatic rings. The first-order valence-electron chi connectivity index (χ1n) is 6.90. The maximum atomic E-state index is 14.1. The van der Waals surface area contributed by atoms with Gasteiger partial charge in [0.05, 0.1) is 11.2 Å². The molecule has 0 amide bonds. The van der Waals surface area contributed by atoms with Crippen LogP contribution in [0.3, 0.4) is 0 Å². The van der Waals surface area contributed by atoms with E-state index in [2.05, 4.69) is 10.3 Å².